The van der Waals surface area contributed by atoms with Gasteiger partial charge in [0.15, 0.2) is 0 Å². The van der Waals surface area contributed by atoms with Crippen LogP contribution in [0.15, 0.2) is 48.7 Å². The van der Waals surface area contributed by atoms with Crippen molar-refractivity contribution in [3.63, 3.8) is 0 Å². The number of hydrogen-bond acceptors (Lipinski definition) is 5. The number of nitrogens with zero attached hydrogens (tertiary/aromatic N) is 1. The molecule has 33 heavy (non-hydrogen) atoms. The largest absolute Gasteiger partial charge is 0.369 e. The number of hydroxylamine groups is 1. The minimum Gasteiger partial charge on any atom is -0.369 e. The van der Waals surface area contributed by atoms with Crippen molar-refractivity contribution in [3.8, 4) is 11.1 Å². The maximum absolute atomic E-state index is 12.6. The van der Waals surface area contributed by atoms with Crippen molar-refractivity contribution in [2.75, 3.05) is 32.5 Å². The molecular weight excluding hydrogens is 440 g/mol. The molecular formula is C24H30N4O4S. The van der Waals surface area contributed by atoms with Gasteiger partial charge in [-0.1, -0.05) is 30.3 Å². The molecule has 4 N–H and O–H groups in total. The minimum atomic E-state index is -3.32. The Bertz CT molecular complexity index is 1220. The van der Waals surface area contributed by atoms with Crippen LogP contribution in [0.5, 0.6) is 0 Å². The molecule has 1 aromatic heterocycles. The third-order valence-corrected chi connectivity index (χ3v) is 8.14. The average Bonchev–Trinajstić information content (AvgIpc) is 3.24. The molecule has 3 aromatic rings. The van der Waals surface area contributed by atoms with Gasteiger partial charge in [0.2, 0.25) is 15.9 Å². The molecule has 1 fully saturated rings. The molecule has 0 atom stereocenters. The van der Waals surface area contributed by atoms with Crippen LogP contribution in [0, 0.1) is 0 Å². The third-order valence-electron chi connectivity index (χ3n) is 6.27. The number of aromatic amines is 1. The van der Waals surface area contributed by atoms with Gasteiger partial charge in [0.1, 0.15) is 0 Å². The number of H-pyrrole nitrogens is 1. The Kier molecular flexibility index (Phi) is 7.14. The summed E-state index contributed by atoms with van der Waals surface area (Å²) in [7, 11) is -1.85. The van der Waals surface area contributed by atoms with Gasteiger partial charge in [-0.2, -0.15) is 0 Å². The van der Waals surface area contributed by atoms with Gasteiger partial charge in [0.05, 0.1) is 19.3 Å². The highest BCUT2D eigenvalue weighted by Crippen LogP contribution is 2.37. The van der Waals surface area contributed by atoms with Crippen molar-refractivity contribution < 1.29 is 18.0 Å². The van der Waals surface area contributed by atoms with E-state index in [0.29, 0.717) is 13.1 Å². The van der Waals surface area contributed by atoms with E-state index >= 15 is 0 Å². The van der Waals surface area contributed by atoms with E-state index in [9.17, 15) is 13.2 Å². The Morgan fingerprint density at radius 3 is 2.58 bits per heavy atom. The Hall–Kier alpha value is -2.72. The van der Waals surface area contributed by atoms with Gasteiger partial charge in [0.25, 0.3) is 0 Å². The van der Waals surface area contributed by atoms with Crippen LogP contribution in [0.25, 0.3) is 22.0 Å². The van der Waals surface area contributed by atoms with E-state index in [1.165, 1.54) is 7.11 Å². The van der Waals surface area contributed by atoms with Crippen molar-refractivity contribution in [2.24, 2.45) is 5.73 Å². The molecule has 1 amide bonds. The predicted octanol–water partition coefficient (Wildman–Crippen LogP) is 2.52. The first-order chi connectivity index (χ1) is 15.9. The zero-order chi connectivity index (χ0) is 23.4. The fourth-order valence-electron chi connectivity index (χ4n) is 4.64. The topological polar surface area (TPSA) is 118 Å². The van der Waals surface area contributed by atoms with Crippen LogP contribution in [-0.2, 0) is 26.1 Å². The summed E-state index contributed by atoms with van der Waals surface area (Å²) in [4.78, 5) is 19.8. The second-order valence-corrected chi connectivity index (χ2v) is 10.5. The standard InChI is InChI=1S/C24H30N4O4S/c1-32-27-9-12-33(30,31)28-10-7-18(8-11-28)22-16-26-24-20(15-23(25)29)13-19(14-21(22)24)17-5-3-2-4-6-17/h2-6,13-14,16,18,26-27H,7-12,15H2,1H3,(H2,25,29). The molecule has 0 radical (unpaired) electrons. The highest BCUT2D eigenvalue weighted by Gasteiger charge is 2.29. The molecule has 1 aliphatic rings. The fourth-order valence-corrected chi connectivity index (χ4v) is 6.00. The lowest BCUT2D eigenvalue weighted by Gasteiger charge is -2.31. The number of nitrogens with one attached hydrogen (secondary N) is 2. The summed E-state index contributed by atoms with van der Waals surface area (Å²) in [5.74, 6) is -0.135. The number of primary amides is 1. The lowest BCUT2D eigenvalue weighted by Crippen LogP contribution is -2.41. The van der Waals surface area contributed by atoms with E-state index in [4.69, 9.17) is 10.6 Å². The number of piperidine rings is 1. The van der Waals surface area contributed by atoms with Crippen LogP contribution in [0.4, 0.5) is 0 Å². The molecule has 2 aromatic carbocycles. The van der Waals surface area contributed by atoms with E-state index in [1.54, 1.807) is 4.31 Å². The van der Waals surface area contributed by atoms with Gasteiger partial charge >= 0.3 is 0 Å². The van der Waals surface area contributed by atoms with Crippen molar-refractivity contribution >= 4 is 26.8 Å². The van der Waals surface area contributed by atoms with E-state index in [0.717, 1.165) is 46.0 Å². The Morgan fingerprint density at radius 2 is 1.91 bits per heavy atom. The van der Waals surface area contributed by atoms with Crippen LogP contribution in [-0.4, -0.2) is 56.1 Å². The molecule has 1 saturated heterocycles. The van der Waals surface area contributed by atoms with Crippen LogP contribution >= 0.6 is 0 Å². The summed E-state index contributed by atoms with van der Waals surface area (Å²) in [6.07, 6.45) is 3.64. The van der Waals surface area contributed by atoms with Crippen LogP contribution < -0.4 is 11.2 Å². The average molecular weight is 471 g/mol. The molecule has 0 spiro atoms. The van der Waals surface area contributed by atoms with Gasteiger partial charge in [-0.15, -0.1) is 0 Å². The van der Waals surface area contributed by atoms with Gasteiger partial charge in [-0.05, 0) is 53.1 Å². The molecule has 0 aliphatic carbocycles. The maximum atomic E-state index is 12.6. The first kappa shape index (κ1) is 23.4. The predicted molar refractivity (Wildman–Crippen MR) is 129 cm³/mol. The van der Waals surface area contributed by atoms with Crippen molar-refractivity contribution in [1.29, 1.82) is 0 Å². The van der Waals surface area contributed by atoms with E-state index in [2.05, 4.69) is 16.5 Å². The zero-order valence-electron chi connectivity index (χ0n) is 18.7. The molecule has 9 heteroatoms. The first-order valence-corrected chi connectivity index (χ1v) is 12.7. The van der Waals surface area contributed by atoms with Crippen molar-refractivity contribution in [1.82, 2.24) is 14.8 Å². The number of benzene rings is 2. The van der Waals surface area contributed by atoms with Crippen LogP contribution in [0.1, 0.15) is 29.9 Å². The molecule has 2 heterocycles. The number of aromatic nitrogens is 1. The minimum absolute atomic E-state index is 0.00943. The van der Waals surface area contributed by atoms with E-state index in [1.807, 2.05) is 42.6 Å². The lowest BCUT2D eigenvalue weighted by molar-refractivity contribution is -0.117. The summed E-state index contributed by atoms with van der Waals surface area (Å²) in [6, 6.07) is 14.2. The number of carbonyl (C=O) groups is 1. The molecule has 0 saturated carbocycles. The molecule has 1 aliphatic heterocycles. The Morgan fingerprint density at radius 1 is 1.18 bits per heavy atom. The third kappa shape index (κ3) is 5.27. The van der Waals surface area contributed by atoms with Crippen molar-refractivity contribution in [2.45, 2.75) is 25.2 Å². The number of nitrogens with two attached hydrogens (primary N) is 1. The summed E-state index contributed by atoms with van der Waals surface area (Å²) in [5, 5.41) is 1.07. The van der Waals surface area contributed by atoms with Gasteiger partial charge in [-0.3, -0.25) is 4.79 Å². The molecule has 4 rings (SSSR count). The fraction of sp³-hybridized carbons (Fsp3) is 0.375. The molecule has 0 unspecified atom stereocenters. The van der Waals surface area contributed by atoms with Crippen LogP contribution in [0.2, 0.25) is 0 Å². The van der Waals surface area contributed by atoms with E-state index < -0.39 is 10.0 Å². The highest BCUT2D eigenvalue weighted by molar-refractivity contribution is 7.89. The van der Waals surface area contributed by atoms with Crippen LogP contribution in [0.3, 0.4) is 0 Å². The van der Waals surface area contributed by atoms with Crippen molar-refractivity contribution in [3.05, 3.63) is 59.8 Å². The van der Waals surface area contributed by atoms with Gasteiger partial charge in [-0.25, -0.2) is 18.2 Å². The smallest absolute Gasteiger partial charge is 0.221 e. The quantitative estimate of drug-likeness (QED) is 0.328. The monoisotopic (exact) mass is 470 g/mol. The molecule has 176 valence electrons. The number of fused-ring (bicyclic) bond motifs is 1. The number of amides is 1. The second-order valence-electron chi connectivity index (χ2n) is 8.40. The lowest BCUT2D eigenvalue weighted by atomic mass is 9.88. The number of rotatable bonds is 9. The number of carbonyl (C=O) groups excluding carboxylic acids is 1. The summed E-state index contributed by atoms with van der Waals surface area (Å²) >= 11 is 0. The SMILES string of the molecule is CONCCS(=O)(=O)N1CCC(c2c[nH]c3c(CC(N)=O)cc(-c4ccccc4)cc23)CC1. The summed E-state index contributed by atoms with van der Waals surface area (Å²) < 4.78 is 26.8. The Labute approximate surface area is 194 Å². The normalized spacial score (nSPS) is 15.8. The first-order valence-electron chi connectivity index (χ1n) is 11.1. The summed E-state index contributed by atoms with van der Waals surface area (Å²) in [6.45, 7) is 1.23. The second kappa shape index (κ2) is 10.0. The molecule has 0 bridgehead atoms. The highest BCUT2D eigenvalue weighted by atomic mass is 32.2. The van der Waals surface area contributed by atoms with Gasteiger partial charge in [0, 0.05) is 36.7 Å². The molecule has 8 nitrogen and oxygen atoms in total. The number of hydrogen-bond donors (Lipinski definition) is 3. The number of sulfonamides is 1. The Balaban J connectivity index is 1.61. The zero-order valence-corrected chi connectivity index (χ0v) is 19.5. The summed E-state index contributed by atoms with van der Waals surface area (Å²) in [5.41, 5.74) is 13.2. The van der Waals surface area contributed by atoms with E-state index in [-0.39, 0.29) is 30.5 Å². The van der Waals surface area contributed by atoms with Gasteiger partial charge < -0.3 is 15.6 Å². The maximum Gasteiger partial charge on any atom is 0.221 e.